The van der Waals surface area contributed by atoms with Gasteiger partial charge in [-0.15, -0.1) is 11.6 Å². The van der Waals surface area contributed by atoms with Crippen molar-refractivity contribution in [3.63, 3.8) is 0 Å². The molecule has 1 N–H and O–H groups in total. The van der Waals surface area contributed by atoms with Crippen LogP contribution in [0.5, 0.6) is 5.75 Å². The Morgan fingerprint density at radius 3 is 2.24 bits per heavy atom. The minimum atomic E-state index is -1.53. The lowest BCUT2D eigenvalue weighted by Gasteiger charge is -2.03. The Bertz CT molecular complexity index is 438. The molecule has 0 aliphatic carbocycles. The highest BCUT2D eigenvalue weighted by atomic mass is 35.5. The SMILES string of the molecule is O=C(CCCl)Oc1ccc(C(=O)C(=O)O)cc1. The number of carboxylic acids is 1. The van der Waals surface area contributed by atoms with Crippen molar-refractivity contribution in [3.8, 4) is 5.75 Å². The summed E-state index contributed by atoms with van der Waals surface area (Å²) < 4.78 is 4.87. The number of carbonyl (C=O) groups is 3. The quantitative estimate of drug-likeness (QED) is 0.284. The molecule has 1 aromatic carbocycles. The van der Waals surface area contributed by atoms with E-state index in [1.807, 2.05) is 0 Å². The van der Waals surface area contributed by atoms with Crippen LogP contribution in [0, 0.1) is 0 Å². The molecule has 0 fully saturated rings. The van der Waals surface area contributed by atoms with Gasteiger partial charge < -0.3 is 9.84 Å². The van der Waals surface area contributed by atoms with Crippen LogP contribution in [0.3, 0.4) is 0 Å². The number of benzene rings is 1. The Morgan fingerprint density at radius 2 is 1.76 bits per heavy atom. The van der Waals surface area contributed by atoms with Crippen LogP contribution in [-0.4, -0.2) is 28.7 Å². The van der Waals surface area contributed by atoms with Crippen molar-refractivity contribution in [3.05, 3.63) is 29.8 Å². The number of carboxylic acid groups (broad SMARTS) is 1. The summed E-state index contributed by atoms with van der Waals surface area (Å²) >= 11 is 5.35. The summed E-state index contributed by atoms with van der Waals surface area (Å²) in [4.78, 5) is 32.5. The third-order valence-corrected chi connectivity index (χ3v) is 2.03. The van der Waals surface area contributed by atoms with Crippen LogP contribution >= 0.6 is 11.6 Å². The molecule has 5 nitrogen and oxygen atoms in total. The van der Waals surface area contributed by atoms with Gasteiger partial charge in [-0.25, -0.2) is 4.79 Å². The lowest BCUT2D eigenvalue weighted by molar-refractivity contribution is -0.134. The van der Waals surface area contributed by atoms with E-state index < -0.39 is 17.7 Å². The summed E-state index contributed by atoms with van der Waals surface area (Å²) in [6, 6.07) is 5.25. The van der Waals surface area contributed by atoms with E-state index >= 15 is 0 Å². The number of aliphatic carboxylic acids is 1. The first kappa shape index (κ1) is 13.2. The monoisotopic (exact) mass is 256 g/mol. The van der Waals surface area contributed by atoms with Gasteiger partial charge in [0.2, 0.25) is 0 Å². The normalized spacial score (nSPS) is 9.71. The number of alkyl halides is 1. The molecule has 0 radical (unpaired) electrons. The minimum Gasteiger partial charge on any atom is -0.475 e. The van der Waals surface area contributed by atoms with Crippen LogP contribution in [0.4, 0.5) is 0 Å². The Labute approximate surface area is 102 Å². The zero-order valence-electron chi connectivity index (χ0n) is 8.68. The fourth-order valence-electron chi connectivity index (χ4n) is 1.06. The minimum absolute atomic E-state index is 0.0228. The van der Waals surface area contributed by atoms with Crippen LogP contribution in [0.1, 0.15) is 16.8 Å². The van der Waals surface area contributed by atoms with E-state index in [2.05, 4.69) is 0 Å². The summed E-state index contributed by atoms with van der Waals surface area (Å²) in [6.07, 6.45) is 0.0807. The van der Waals surface area contributed by atoms with Gasteiger partial charge in [0.1, 0.15) is 5.75 Å². The van der Waals surface area contributed by atoms with Crippen LogP contribution < -0.4 is 4.74 Å². The van der Waals surface area contributed by atoms with E-state index in [-0.39, 0.29) is 23.6 Å². The molecule has 0 aromatic heterocycles. The van der Waals surface area contributed by atoms with E-state index in [1.54, 1.807) is 0 Å². The molecule has 0 heterocycles. The smallest absolute Gasteiger partial charge is 0.377 e. The number of hydrogen-bond acceptors (Lipinski definition) is 4. The molecule has 0 saturated carbocycles. The van der Waals surface area contributed by atoms with Gasteiger partial charge in [0, 0.05) is 11.4 Å². The predicted octanol–water partition coefficient (Wildman–Crippen LogP) is 1.49. The first-order valence-corrected chi connectivity index (χ1v) is 5.22. The molecule has 0 spiro atoms. The lowest BCUT2D eigenvalue weighted by atomic mass is 10.1. The Kier molecular flexibility index (Phi) is 4.66. The van der Waals surface area contributed by atoms with Gasteiger partial charge in [0.15, 0.2) is 0 Å². The van der Waals surface area contributed by atoms with Gasteiger partial charge in [0.05, 0.1) is 6.42 Å². The average molecular weight is 257 g/mol. The molecule has 6 heteroatoms. The highest BCUT2D eigenvalue weighted by molar-refractivity contribution is 6.39. The summed E-state index contributed by atoms with van der Waals surface area (Å²) in [5.41, 5.74) is 0.0228. The van der Waals surface area contributed by atoms with Crippen molar-refractivity contribution < 1.29 is 24.2 Å². The van der Waals surface area contributed by atoms with Crippen molar-refractivity contribution in [2.24, 2.45) is 0 Å². The third-order valence-electron chi connectivity index (χ3n) is 1.84. The van der Waals surface area contributed by atoms with Crippen LogP contribution in [0.2, 0.25) is 0 Å². The van der Waals surface area contributed by atoms with Gasteiger partial charge in [-0.2, -0.15) is 0 Å². The van der Waals surface area contributed by atoms with Crippen molar-refractivity contribution >= 4 is 29.3 Å². The van der Waals surface area contributed by atoms with Gasteiger partial charge in [-0.3, -0.25) is 9.59 Å². The maximum absolute atomic E-state index is 11.1. The van der Waals surface area contributed by atoms with E-state index in [1.165, 1.54) is 24.3 Å². The molecule has 90 valence electrons. The topological polar surface area (TPSA) is 80.7 Å². The lowest BCUT2D eigenvalue weighted by Crippen LogP contribution is -2.12. The fraction of sp³-hybridized carbons (Fsp3) is 0.182. The van der Waals surface area contributed by atoms with Crippen molar-refractivity contribution in [1.82, 2.24) is 0 Å². The summed E-state index contributed by atoms with van der Waals surface area (Å²) in [5.74, 6) is -2.63. The highest BCUT2D eigenvalue weighted by Gasteiger charge is 2.14. The van der Waals surface area contributed by atoms with Crippen molar-refractivity contribution in [1.29, 1.82) is 0 Å². The number of rotatable bonds is 5. The van der Waals surface area contributed by atoms with E-state index in [0.717, 1.165) is 0 Å². The predicted molar refractivity (Wildman–Crippen MR) is 59.4 cm³/mol. The van der Waals surface area contributed by atoms with Gasteiger partial charge in [0.25, 0.3) is 5.78 Å². The molecular formula is C11H9ClO5. The highest BCUT2D eigenvalue weighted by Crippen LogP contribution is 2.13. The van der Waals surface area contributed by atoms with Gasteiger partial charge in [-0.1, -0.05) is 0 Å². The number of halogens is 1. The average Bonchev–Trinajstić information content (AvgIpc) is 2.29. The molecular weight excluding hydrogens is 248 g/mol. The largest absolute Gasteiger partial charge is 0.475 e. The zero-order valence-corrected chi connectivity index (χ0v) is 9.44. The van der Waals surface area contributed by atoms with Crippen LogP contribution in [0.15, 0.2) is 24.3 Å². The molecule has 0 amide bonds. The van der Waals surface area contributed by atoms with Crippen LogP contribution in [0.25, 0.3) is 0 Å². The van der Waals surface area contributed by atoms with Crippen LogP contribution in [-0.2, 0) is 9.59 Å². The molecule has 0 bridgehead atoms. The van der Waals surface area contributed by atoms with Crippen molar-refractivity contribution in [2.45, 2.75) is 6.42 Å². The third kappa shape index (κ3) is 3.88. The molecule has 0 saturated heterocycles. The van der Waals surface area contributed by atoms with Crippen molar-refractivity contribution in [2.75, 3.05) is 5.88 Å². The molecule has 1 aromatic rings. The number of ether oxygens (including phenoxy) is 1. The fourth-order valence-corrected chi connectivity index (χ4v) is 1.21. The molecule has 0 atom stereocenters. The number of esters is 1. The zero-order chi connectivity index (χ0) is 12.8. The first-order chi connectivity index (χ1) is 8.04. The summed E-state index contributed by atoms with van der Waals surface area (Å²) in [6.45, 7) is 0. The second-order valence-electron chi connectivity index (χ2n) is 3.07. The molecule has 0 unspecified atom stereocenters. The maximum Gasteiger partial charge on any atom is 0.377 e. The Balaban J connectivity index is 2.71. The number of Topliss-reactive ketones (excluding diaryl/α,β-unsaturated/α-hetero) is 1. The maximum atomic E-state index is 11.1. The molecule has 17 heavy (non-hydrogen) atoms. The van der Waals surface area contributed by atoms with Gasteiger partial charge >= 0.3 is 11.9 Å². The summed E-state index contributed by atoms with van der Waals surface area (Å²) in [7, 11) is 0. The van der Waals surface area contributed by atoms with E-state index in [4.69, 9.17) is 21.4 Å². The second-order valence-corrected chi connectivity index (χ2v) is 3.45. The summed E-state index contributed by atoms with van der Waals surface area (Å²) in [5, 5.41) is 8.47. The van der Waals surface area contributed by atoms with E-state index in [0.29, 0.717) is 0 Å². The Morgan fingerprint density at radius 1 is 1.18 bits per heavy atom. The number of hydrogen-bond donors (Lipinski definition) is 1. The second kappa shape index (κ2) is 6.00. The molecule has 1 rings (SSSR count). The number of carbonyl (C=O) groups excluding carboxylic acids is 2. The van der Waals surface area contributed by atoms with Gasteiger partial charge in [-0.05, 0) is 24.3 Å². The number of ketones is 1. The first-order valence-electron chi connectivity index (χ1n) is 4.69. The standard InChI is InChI=1S/C11H9ClO5/c12-6-5-9(13)17-8-3-1-7(2-4-8)10(14)11(15)16/h1-4H,5-6H2,(H,15,16). The molecule has 0 aliphatic rings. The van der Waals surface area contributed by atoms with E-state index in [9.17, 15) is 14.4 Å². The Hall–Kier alpha value is -1.88. The molecule has 0 aliphatic heterocycles.